The van der Waals surface area contributed by atoms with E-state index < -0.39 is 49.5 Å². The van der Waals surface area contributed by atoms with Crippen LogP contribution in [0.3, 0.4) is 0 Å². The molecule has 7 atom stereocenters. The lowest BCUT2D eigenvalue weighted by molar-refractivity contribution is -0.302. The number of hydrogen-bond acceptors (Lipinski definition) is 10. The molecule has 1 aliphatic heterocycles. The van der Waals surface area contributed by atoms with Crippen molar-refractivity contribution < 1.29 is 49.3 Å². The van der Waals surface area contributed by atoms with Crippen molar-refractivity contribution >= 4 is 11.9 Å². The van der Waals surface area contributed by atoms with Gasteiger partial charge < -0.3 is 45.1 Å². The number of unbranched alkanes of at least 4 members (excludes halogenated alkanes) is 28. The van der Waals surface area contributed by atoms with Crippen LogP contribution in [0.5, 0.6) is 0 Å². The summed E-state index contributed by atoms with van der Waals surface area (Å²) in [6, 6.07) is -0.840. The zero-order chi connectivity index (χ0) is 50.3. The third-order valence-corrected chi connectivity index (χ3v) is 13.2. The van der Waals surface area contributed by atoms with Crippen LogP contribution < -0.4 is 5.32 Å². The third-order valence-electron chi connectivity index (χ3n) is 13.2. The molecule has 1 heterocycles. The van der Waals surface area contributed by atoms with Crippen LogP contribution in [-0.4, -0.2) is 100 Å². The smallest absolute Gasteiger partial charge is 0.305 e. The fourth-order valence-electron chi connectivity index (χ4n) is 8.60. The van der Waals surface area contributed by atoms with Crippen molar-refractivity contribution in [2.45, 2.75) is 288 Å². The van der Waals surface area contributed by atoms with E-state index in [-0.39, 0.29) is 18.5 Å². The zero-order valence-corrected chi connectivity index (χ0v) is 44.0. The molecule has 1 fully saturated rings. The van der Waals surface area contributed by atoms with Crippen molar-refractivity contribution in [2.75, 3.05) is 19.8 Å². The summed E-state index contributed by atoms with van der Waals surface area (Å²) in [5.41, 5.74) is 0. The molecule has 0 aromatic carbocycles. The largest absolute Gasteiger partial charge is 0.466 e. The number of amides is 1. The number of allylic oxidation sites excluding steroid dienone is 7. The summed E-state index contributed by atoms with van der Waals surface area (Å²) in [5, 5.41) is 54.3. The molecule has 0 aliphatic carbocycles. The molecule has 7 unspecified atom stereocenters. The average molecular weight is 976 g/mol. The first-order valence-electron chi connectivity index (χ1n) is 28.4. The topological polar surface area (TPSA) is 175 Å². The van der Waals surface area contributed by atoms with Crippen LogP contribution in [0, 0.1) is 0 Å². The van der Waals surface area contributed by atoms with Crippen LogP contribution in [-0.2, 0) is 23.8 Å². The highest BCUT2D eigenvalue weighted by Gasteiger charge is 2.44. The van der Waals surface area contributed by atoms with Gasteiger partial charge in [0.1, 0.15) is 24.4 Å². The SMILES string of the molecule is CCCCCCCCC/C=C/CC/C=C/C(O)C(COC1OC(CO)C(O)C(O)C1O)NC(=O)CCCCCCCCC/C=C\C/C=C\CCCCCOC(=O)CCCCCCCCCCCCC. The van der Waals surface area contributed by atoms with E-state index >= 15 is 0 Å². The van der Waals surface area contributed by atoms with E-state index in [0.717, 1.165) is 96.3 Å². The van der Waals surface area contributed by atoms with Crippen molar-refractivity contribution in [1.82, 2.24) is 5.32 Å². The first kappa shape index (κ1) is 64.6. The summed E-state index contributed by atoms with van der Waals surface area (Å²) in [5.74, 6) is -0.243. The summed E-state index contributed by atoms with van der Waals surface area (Å²) in [7, 11) is 0. The van der Waals surface area contributed by atoms with Crippen molar-refractivity contribution in [3.8, 4) is 0 Å². The number of esters is 1. The van der Waals surface area contributed by atoms with Gasteiger partial charge in [-0.15, -0.1) is 0 Å². The number of hydrogen-bond donors (Lipinski definition) is 6. The number of ether oxygens (including phenoxy) is 3. The normalized spacial score (nSPS) is 19.7. The van der Waals surface area contributed by atoms with Crippen molar-refractivity contribution in [3.05, 3.63) is 48.6 Å². The molecule has 0 aromatic rings. The highest BCUT2D eigenvalue weighted by atomic mass is 16.7. The van der Waals surface area contributed by atoms with Crippen LogP contribution >= 0.6 is 0 Å². The molecule has 69 heavy (non-hydrogen) atoms. The van der Waals surface area contributed by atoms with Crippen molar-refractivity contribution in [2.24, 2.45) is 0 Å². The first-order valence-corrected chi connectivity index (χ1v) is 28.4. The van der Waals surface area contributed by atoms with Gasteiger partial charge in [-0.05, 0) is 83.5 Å². The van der Waals surface area contributed by atoms with Gasteiger partial charge in [0.25, 0.3) is 0 Å². The van der Waals surface area contributed by atoms with Crippen LogP contribution in [0.25, 0.3) is 0 Å². The van der Waals surface area contributed by atoms with Gasteiger partial charge in [-0.25, -0.2) is 0 Å². The van der Waals surface area contributed by atoms with E-state index in [4.69, 9.17) is 14.2 Å². The van der Waals surface area contributed by atoms with E-state index in [1.54, 1.807) is 6.08 Å². The second-order valence-electron chi connectivity index (χ2n) is 19.6. The minimum atomic E-state index is -1.58. The molecule has 1 saturated heterocycles. The minimum Gasteiger partial charge on any atom is -0.466 e. The Kier molecular flexibility index (Phi) is 44.9. The van der Waals surface area contributed by atoms with E-state index in [9.17, 15) is 35.1 Å². The number of nitrogens with one attached hydrogen (secondary N) is 1. The number of aliphatic hydroxyl groups is 5. The Balaban J connectivity index is 2.18. The number of carbonyl (C=O) groups is 2. The standard InChI is InChI=1S/C58H105NO10/c1-3-5-7-9-11-13-15-21-25-28-32-36-40-44-51(61)50(49-68-58-57(66)56(65)55(64)52(48-60)69-58)59-53(62)45-41-37-33-29-26-22-19-17-16-18-20-23-27-31-35-39-43-47-67-54(63)46-42-38-34-30-24-14-12-10-8-6-4-2/h16,18,23,25,27-28,40,44,50-52,55-58,60-61,64-66H,3-15,17,19-22,24,26,29-39,41-43,45-49H2,1-2H3,(H,59,62)/b18-16-,27-23-,28-25+,44-40+. The predicted molar refractivity (Wildman–Crippen MR) is 283 cm³/mol. The fraction of sp³-hybridized carbons (Fsp3) is 0.828. The van der Waals surface area contributed by atoms with Gasteiger partial charge in [0.05, 0.1) is 32.0 Å². The molecule has 0 bridgehead atoms. The maximum Gasteiger partial charge on any atom is 0.305 e. The van der Waals surface area contributed by atoms with Gasteiger partial charge >= 0.3 is 5.97 Å². The first-order chi connectivity index (χ1) is 33.7. The van der Waals surface area contributed by atoms with Gasteiger partial charge in [-0.3, -0.25) is 9.59 Å². The molecule has 0 saturated carbocycles. The molecular formula is C58H105NO10. The lowest BCUT2D eigenvalue weighted by atomic mass is 9.99. The van der Waals surface area contributed by atoms with E-state index in [2.05, 4.69) is 55.6 Å². The number of carbonyl (C=O) groups excluding carboxylic acids is 2. The molecule has 1 amide bonds. The van der Waals surface area contributed by atoms with E-state index in [0.29, 0.717) is 19.4 Å². The van der Waals surface area contributed by atoms with E-state index in [1.807, 2.05) is 6.08 Å². The minimum absolute atomic E-state index is 0.0340. The quantitative estimate of drug-likeness (QED) is 0.0196. The molecule has 0 aromatic heterocycles. The summed E-state index contributed by atoms with van der Waals surface area (Å²) >= 11 is 0. The predicted octanol–water partition coefficient (Wildman–Crippen LogP) is 12.5. The van der Waals surface area contributed by atoms with Crippen LogP contribution in [0.2, 0.25) is 0 Å². The Bertz CT molecular complexity index is 1290. The molecule has 6 N–H and O–H groups in total. The number of aliphatic hydroxyl groups excluding tert-OH is 5. The molecule has 0 spiro atoms. The van der Waals surface area contributed by atoms with Crippen molar-refractivity contribution in [3.63, 3.8) is 0 Å². The molecule has 11 heteroatoms. The van der Waals surface area contributed by atoms with Crippen molar-refractivity contribution in [1.29, 1.82) is 0 Å². The molecule has 402 valence electrons. The van der Waals surface area contributed by atoms with E-state index in [1.165, 1.54) is 122 Å². The monoisotopic (exact) mass is 976 g/mol. The van der Waals surface area contributed by atoms with Gasteiger partial charge in [0, 0.05) is 12.8 Å². The second-order valence-corrected chi connectivity index (χ2v) is 19.6. The Morgan fingerprint density at radius 1 is 0.536 bits per heavy atom. The second kappa shape index (κ2) is 47.9. The summed E-state index contributed by atoms with van der Waals surface area (Å²) in [6.45, 7) is 4.25. The lowest BCUT2D eigenvalue weighted by Gasteiger charge is -2.40. The Morgan fingerprint density at radius 3 is 1.52 bits per heavy atom. The summed E-state index contributed by atoms with van der Waals surface area (Å²) < 4.78 is 16.6. The Labute approximate surface area is 421 Å². The number of rotatable bonds is 48. The molecule has 0 radical (unpaired) electrons. The fourth-order valence-corrected chi connectivity index (χ4v) is 8.60. The highest BCUT2D eigenvalue weighted by Crippen LogP contribution is 2.23. The highest BCUT2D eigenvalue weighted by molar-refractivity contribution is 5.76. The molecule has 1 aliphatic rings. The Hall–Kier alpha value is -2.38. The molecule has 1 rings (SSSR count). The maximum atomic E-state index is 13.0. The third kappa shape index (κ3) is 38.0. The van der Waals surface area contributed by atoms with Crippen LogP contribution in [0.15, 0.2) is 48.6 Å². The zero-order valence-electron chi connectivity index (χ0n) is 44.0. The van der Waals surface area contributed by atoms with Gasteiger partial charge in [0.2, 0.25) is 5.91 Å². The Morgan fingerprint density at radius 2 is 0.986 bits per heavy atom. The molecule has 11 nitrogen and oxygen atoms in total. The van der Waals surface area contributed by atoms with Crippen LogP contribution in [0.1, 0.15) is 245 Å². The van der Waals surface area contributed by atoms with Gasteiger partial charge in [-0.1, -0.05) is 197 Å². The maximum absolute atomic E-state index is 13.0. The summed E-state index contributed by atoms with van der Waals surface area (Å²) in [4.78, 5) is 25.0. The van der Waals surface area contributed by atoms with Gasteiger partial charge in [-0.2, -0.15) is 0 Å². The average Bonchev–Trinajstić information content (AvgIpc) is 3.34. The van der Waals surface area contributed by atoms with Crippen LogP contribution in [0.4, 0.5) is 0 Å². The molecular weight excluding hydrogens is 871 g/mol. The summed E-state index contributed by atoms with van der Waals surface area (Å²) in [6.07, 6.45) is 49.1. The lowest BCUT2D eigenvalue weighted by Crippen LogP contribution is -2.60. The van der Waals surface area contributed by atoms with Gasteiger partial charge in [0.15, 0.2) is 6.29 Å².